The molecule has 4 rings (SSSR count). The van der Waals surface area contributed by atoms with E-state index in [9.17, 15) is 4.79 Å². The summed E-state index contributed by atoms with van der Waals surface area (Å²) in [6.07, 6.45) is 8.67. The Hall–Kier alpha value is -3.48. The van der Waals surface area contributed by atoms with Gasteiger partial charge in [0.25, 0.3) is 0 Å². The molecule has 0 bridgehead atoms. The molecule has 1 N–H and O–H groups in total. The molecule has 7 heteroatoms. The summed E-state index contributed by atoms with van der Waals surface area (Å²) < 4.78 is 5.76. The van der Waals surface area contributed by atoms with Crippen LogP contribution in [0.4, 0.5) is 5.69 Å². The zero-order valence-corrected chi connectivity index (χ0v) is 17.0. The van der Waals surface area contributed by atoms with Gasteiger partial charge in [0.15, 0.2) is 5.75 Å². The van der Waals surface area contributed by atoms with Gasteiger partial charge >= 0.3 is 0 Å². The van der Waals surface area contributed by atoms with Crippen LogP contribution >= 0.6 is 0 Å². The van der Waals surface area contributed by atoms with Gasteiger partial charge in [-0.2, -0.15) is 0 Å². The van der Waals surface area contributed by atoms with Crippen LogP contribution in [-0.2, 0) is 11.3 Å². The van der Waals surface area contributed by atoms with E-state index >= 15 is 0 Å². The number of carbonyl (C=O) groups excluding carboxylic acids is 1. The first-order valence-electron chi connectivity index (χ1n) is 10.1. The summed E-state index contributed by atoms with van der Waals surface area (Å²) in [5.41, 5.74) is 3.60. The third-order valence-corrected chi connectivity index (χ3v) is 5.33. The maximum Gasteiger partial charge on any atom is 0.221 e. The Bertz CT molecular complexity index is 970. The minimum Gasteiger partial charge on any atom is -0.436 e. The lowest BCUT2D eigenvalue weighted by molar-refractivity contribution is -0.119. The van der Waals surface area contributed by atoms with Crippen molar-refractivity contribution in [3.63, 3.8) is 0 Å². The van der Waals surface area contributed by atoms with Crippen molar-refractivity contribution in [2.75, 3.05) is 18.0 Å². The Kier molecular flexibility index (Phi) is 6.17. The smallest absolute Gasteiger partial charge is 0.221 e. The van der Waals surface area contributed by atoms with Crippen molar-refractivity contribution in [1.29, 1.82) is 0 Å². The highest BCUT2D eigenvalue weighted by Crippen LogP contribution is 2.31. The predicted molar refractivity (Wildman–Crippen MR) is 114 cm³/mol. The van der Waals surface area contributed by atoms with Crippen molar-refractivity contribution in [1.82, 2.24) is 20.3 Å². The van der Waals surface area contributed by atoms with E-state index in [4.69, 9.17) is 4.74 Å². The second kappa shape index (κ2) is 9.35. The summed E-state index contributed by atoms with van der Waals surface area (Å²) in [4.78, 5) is 25.6. The molecule has 1 saturated heterocycles. The summed E-state index contributed by atoms with van der Waals surface area (Å²) in [6, 6.07) is 12.6. The summed E-state index contributed by atoms with van der Waals surface area (Å²) in [5.74, 6) is 1.66. The molecule has 3 aromatic rings. The lowest BCUT2D eigenvalue weighted by atomic mass is 9.89. The summed E-state index contributed by atoms with van der Waals surface area (Å²) in [6.45, 7) is 4.08. The van der Waals surface area contributed by atoms with Crippen LogP contribution in [-0.4, -0.2) is 33.9 Å². The standard InChI is InChI=1S/C23H25N5O2/c1-17(29)27-13-18-2-4-19(5-3-18)20-7-10-28(11-8-20)21-6-9-26-23(12-21)30-22-14-24-16-25-15-22/h2-6,9,12,14-16,20H,7-8,10-11,13H2,1H3,(H,27,29). The number of nitrogens with zero attached hydrogens (tertiary/aromatic N) is 4. The molecular formula is C23H25N5O2. The van der Waals surface area contributed by atoms with Crippen LogP contribution in [0.1, 0.15) is 36.8 Å². The SMILES string of the molecule is CC(=O)NCc1ccc(C2CCN(c3ccnc(Oc4cncnc4)c3)CC2)cc1. The highest BCUT2D eigenvalue weighted by atomic mass is 16.5. The second-order valence-corrected chi connectivity index (χ2v) is 7.44. The zero-order chi connectivity index (χ0) is 20.8. The molecule has 0 unspecified atom stereocenters. The summed E-state index contributed by atoms with van der Waals surface area (Å²) >= 11 is 0. The number of benzene rings is 1. The largest absolute Gasteiger partial charge is 0.436 e. The quantitative estimate of drug-likeness (QED) is 0.676. The van der Waals surface area contributed by atoms with E-state index in [0.717, 1.165) is 37.2 Å². The van der Waals surface area contributed by atoms with Crippen LogP contribution in [0.3, 0.4) is 0 Å². The average Bonchev–Trinajstić information content (AvgIpc) is 2.79. The molecule has 1 fully saturated rings. The number of carbonyl (C=O) groups is 1. The molecule has 1 amide bonds. The van der Waals surface area contributed by atoms with Crippen molar-refractivity contribution in [3.8, 4) is 11.6 Å². The number of anilines is 1. The Labute approximate surface area is 176 Å². The highest BCUT2D eigenvalue weighted by molar-refractivity contribution is 5.72. The van der Waals surface area contributed by atoms with Gasteiger partial charge in [0.1, 0.15) is 6.33 Å². The molecule has 0 radical (unpaired) electrons. The topological polar surface area (TPSA) is 80.2 Å². The van der Waals surface area contributed by atoms with E-state index in [1.54, 1.807) is 18.6 Å². The fraction of sp³-hybridized carbons (Fsp3) is 0.304. The van der Waals surface area contributed by atoms with Crippen molar-refractivity contribution in [3.05, 3.63) is 72.4 Å². The lowest BCUT2D eigenvalue weighted by Crippen LogP contribution is -2.32. The first-order chi connectivity index (χ1) is 14.7. The first-order valence-corrected chi connectivity index (χ1v) is 10.1. The van der Waals surface area contributed by atoms with E-state index in [0.29, 0.717) is 24.1 Å². The minimum absolute atomic E-state index is 0.00628. The van der Waals surface area contributed by atoms with Crippen LogP contribution in [0, 0.1) is 0 Å². The number of rotatable bonds is 6. The number of hydrogen-bond donors (Lipinski definition) is 1. The van der Waals surface area contributed by atoms with E-state index in [1.807, 2.05) is 12.1 Å². The van der Waals surface area contributed by atoms with Gasteiger partial charge in [-0.1, -0.05) is 24.3 Å². The van der Waals surface area contributed by atoms with Gasteiger partial charge in [0.05, 0.1) is 12.4 Å². The Balaban J connectivity index is 1.34. The minimum atomic E-state index is -0.00628. The van der Waals surface area contributed by atoms with Gasteiger partial charge in [0.2, 0.25) is 11.8 Å². The van der Waals surface area contributed by atoms with Gasteiger partial charge in [-0.15, -0.1) is 0 Å². The van der Waals surface area contributed by atoms with Gasteiger partial charge in [-0.3, -0.25) is 4.79 Å². The Morgan fingerprint density at radius 2 is 1.87 bits per heavy atom. The van der Waals surface area contributed by atoms with Crippen LogP contribution < -0.4 is 15.0 Å². The van der Waals surface area contributed by atoms with Crippen LogP contribution in [0.15, 0.2) is 61.3 Å². The molecule has 30 heavy (non-hydrogen) atoms. The normalized spacial score (nSPS) is 14.4. The molecule has 1 aromatic carbocycles. The number of pyridine rings is 1. The maximum absolute atomic E-state index is 11.1. The van der Waals surface area contributed by atoms with Crippen molar-refractivity contribution < 1.29 is 9.53 Å². The molecule has 3 heterocycles. The zero-order valence-electron chi connectivity index (χ0n) is 17.0. The molecule has 1 aliphatic heterocycles. The molecule has 0 saturated carbocycles. The number of ether oxygens (including phenoxy) is 1. The number of nitrogens with one attached hydrogen (secondary N) is 1. The number of aromatic nitrogens is 3. The Morgan fingerprint density at radius 1 is 1.13 bits per heavy atom. The van der Waals surface area contributed by atoms with E-state index in [2.05, 4.69) is 49.4 Å². The predicted octanol–water partition coefficient (Wildman–Crippen LogP) is 3.68. The van der Waals surface area contributed by atoms with Gasteiger partial charge < -0.3 is 15.0 Å². The Morgan fingerprint density at radius 3 is 2.57 bits per heavy atom. The number of piperidine rings is 1. The van der Waals surface area contributed by atoms with E-state index in [-0.39, 0.29) is 5.91 Å². The molecule has 2 aromatic heterocycles. The molecule has 0 spiro atoms. The third-order valence-electron chi connectivity index (χ3n) is 5.33. The average molecular weight is 403 g/mol. The number of hydrogen-bond acceptors (Lipinski definition) is 6. The van der Waals surface area contributed by atoms with E-state index < -0.39 is 0 Å². The van der Waals surface area contributed by atoms with Gasteiger partial charge in [-0.05, 0) is 36.0 Å². The van der Waals surface area contributed by atoms with E-state index in [1.165, 1.54) is 18.8 Å². The van der Waals surface area contributed by atoms with Crippen LogP contribution in [0.5, 0.6) is 11.6 Å². The molecule has 0 aliphatic carbocycles. The lowest BCUT2D eigenvalue weighted by Gasteiger charge is -2.34. The summed E-state index contributed by atoms with van der Waals surface area (Å²) in [7, 11) is 0. The van der Waals surface area contributed by atoms with Crippen molar-refractivity contribution in [2.45, 2.75) is 32.2 Å². The van der Waals surface area contributed by atoms with Crippen LogP contribution in [0.2, 0.25) is 0 Å². The second-order valence-electron chi connectivity index (χ2n) is 7.44. The number of amides is 1. The highest BCUT2D eigenvalue weighted by Gasteiger charge is 2.21. The van der Waals surface area contributed by atoms with Gasteiger partial charge in [-0.25, -0.2) is 15.0 Å². The monoisotopic (exact) mass is 403 g/mol. The third kappa shape index (κ3) is 5.11. The maximum atomic E-state index is 11.1. The van der Waals surface area contributed by atoms with Gasteiger partial charge in [0, 0.05) is 44.5 Å². The molecule has 1 aliphatic rings. The summed E-state index contributed by atoms with van der Waals surface area (Å²) in [5, 5.41) is 2.84. The van der Waals surface area contributed by atoms with Crippen LogP contribution in [0.25, 0.3) is 0 Å². The molecule has 7 nitrogen and oxygen atoms in total. The fourth-order valence-electron chi connectivity index (χ4n) is 3.72. The fourth-order valence-corrected chi connectivity index (χ4v) is 3.72. The molecule has 0 atom stereocenters. The molecule has 154 valence electrons. The molecular weight excluding hydrogens is 378 g/mol. The van der Waals surface area contributed by atoms with Crippen molar-refractivity contribution in [2.24, 2.45) is 0 Å². The first kappa shape index (κ1) is 19.8. The van der Waals surface area contributed by atoms with Crippen molar-refractivity contribution >= 4 is 11.6 Å².